The normalized spacial score (nSPS) is 19.5. The first kappa shape index (κ1) is 19.6. The Morgan fingerprint density at radius 1 is 1.11 bits per heavy atom. The molecule has 2 atom stereocenters. The number of hydrogen-bond acceptors (Lipinski definition) is 3. The Kier molecular flexibility index (Phi) is 6.00. The van der Waals surface area contributed by atoms with E-state index >= 15 is 0 Å². The highest BCUT2D eigenvalue weighted by atomic mass is 32.1. The number of thiophene rings is 1. The Hall–Kier alpha value is -2.14. The molecule has 1 aliphatic rings. The minimum absolute atomic E-state index is 0.00388. The average molecular weight is 385 g/mol. The highest BCUT2D eigenvalue weighted by molar-refractivity contribution is 7.10. The molecule has 0 fully saturated rings. The smallest absolute Gasteiger partial charge is 0.254 e. The fourth-order valence-corrected chi connectivity index (χ4v) is 4.53. The van der Waals surface area contributed by atoms with Gasteiger partial charge in [-0.05, 0) is 34.9 Å². The Labute approximate surface area is 165 Å². The van der Waals surface area contributed by atoms with Gasteiger partial charge >= 0.3 is 0 Å². The topological polar surface area (TPSA) is 49.4 Å². The van der Waals surface area contributed by atoms with E-state index in [1.165, 1.54) is 0 Å². The maximum absolute atomic E-state index is 13.3. The minimum atomic E-state index is -0.393. The lowest BCUT2D eigenvalue weighted by Gasteiger charge is -2.42. The number of amides is 2. The van der Waals surface area contributed by atoms with Crippen LogP contribution in [-0.4, -0.2) is 29.8 Å². The summed E-state index contributed by atoms with van der Waals surface area (Å²) in [4.78, 5) is 29.5. The van der Waals surface area contributed by atoms with Crippen LogP contribution in [0.25, 0.3) is 0 Å². The third-order valence-corrected chi connectivity index (χ3v) is 5.75. The standard InChI is InChI=1S/C22H28N2O2S/c1-14(2)12-23-21(25)19-16-8-5-6-9-17(16)22(26)24(13-15(3)4)20(19)18-10-7-11-27-18/h5-11,14-15,19-20H,12-13H2,1-4H3,(H,23,25)/t19-,20+/m1/s1. The van der Waals surface area contributed by atoms with Crippen LogP contribution < -0.4 is 5.32 Å². The third-order valence-electron chi connectivity index (χ3n) is 4.80. The largest absolute Gasteiger partial charge is 0.355 e. The molecule has 0 spiro atoms. The molecule has 1 aliphatic heterocycles. The number of hydrogen-bond donors (Lipinski definition) is 1. The highest BCUT2D eigenvalue weighted by Gasteiger charge is 2.44. The van der Waals surface area contributed by atoms with Gasteiger partial charge in [-0.1, -0.05) is 52.0 Å². The quantitative estimate of drug-likeness (QED) is 0.799. The summed E-state index contributed by atoms with van der Waals surface area (Å²) < 4.78 is 0. The van der Waals surface area contributed by atoms with E-state index < -0.39 is 5.92 Å². The molecule has 0 radical (unpaired) electrons. The Bertz CT molecular complexity index is 798. The van der Waals surface area contributed by atoms with Crippen molar-refractivity contribution in [2.24, 2.45) is 11.8 Å². The van der Waals surface area contributed by atoms with Crippen molar-refractivity contribution in [2.75, 3.05) is 13.1 Å². The number of fused-ring (bicyclic) bond motifs is 1. The molecule has 144 valence electrons. The maximum Gasteiger partial charge on any atom is 0.254 e. The highest BCUT2D eigenvalue weighted by Crippen LogP contribution is 2.44. The zero-order valence-corrected chi connectivity index (χ0v) is 17.3. The molecule has 0 aliphatic carbocycles. The summed E-state index contributed by atoms with van der Waals surface area (Å²) in [6, 6.07) is 11.3. The fraction of sp³-hybridized carbons (Fsp3) is 0.455. The van der Waals surface area contributed by atoms with Gasteiger partial charge in [0.05, 0.1) is 12.0 Å². The van der Waals surface area contributed by atoms with E-state index in [2.05, 4.69) is 33.0 Å². The number of benzene rings is 1. The number of nitrogens with zero attached hydrogens (tertiary/aromatic N) is 1. The molecular formula is C22H28N2O2S. The third kappa shape index (κ3) is 4.08. The Morgan fingerprint density at radius 3 is 2.48 bits per heavy atom. The SMILES string of the molecule is CC(C)CNC(=O)[C@@H]1c2ccccc2C(=O)N(CC(C)C)[C@H]1c1cccs1. The summed E-state index contributed by atoms with van der Waals surface area (Å²) >= 11 is 1.61. The molecular weight excluding hydrogens is 356 g/mol. The summed E-state index contributed by atoms with van der Waals surface area (Å²) in [5.74, 6) is 0.318. The number of nitrogens with one attached hydrogen (secondary N) is 1. The predicted octanol–water partition coefficient (Wildman–Crippen LogP) is 4.46. The zero-order chi connectivity index (χ0) is 19.6. The van der Waals surface area contributed by atoms with E-state index in [1.54, 1.807) is 11.3 Å². The Morgan fingerprint density at radius 2 is 1.85 bits per heavy atom. The molecule has 2 heterocycles. The predicted molar refractivity (Wildman–Crippen MR) is 110 cm³/mol. The number of rotatable bonds is 6. The molecule has 1 N–H and O–H groups in total. The van der Waals surface area contributed by atoms with Crippen LogP contribution >= 0.6 is 11.3 Å². The van der Waals surface area contributed by atoms with Gasteiger partial charge in [-0.25, -0.2) is 0 Å². The van der Waals surface area contributed by atoms with Crippen molar-refractivity contribution in [3.8, 4) is 0 Å². The molecule has 0 saturated carbocycles. The van der Waals surface area contributed by atoms with E-state index in [-0.39, 0.29) is 17.9 Å². The summed E-state index contributed by atoms with van der Waals surface area (Å²) in [5, 5.41) is 5.11. The molecule has 2 amide bonds. The van der Waals surface area contributed by atoms with Crippen LogP contribution in [0.4, 0.5) is 0 Å². The van der Waals surface area contributed by atoms with Crippen molar-refractivity contribution in [1.29, 1.82) is 0 Å². The molecule has 3 rings (SSSR count). The lowest BCUT2D eigenvalue weighted by Crippen LogP contribution is -2.48. The minimum Gasteiger partial charge on any atom is -0.355 e. The first-order chi connectivity index (χ1) is 12.9. The van der Waals surface area contributed by atoms with Crippen LogP contribution in [0.5, 0.6) is 0 Å². The van der Waals surface area contributed by atoms with Gasteiger partial charge in [0, 0.05) is 23.5 Å². The number of carbonyl (C=O) groups is 2. The Balaban J connectivity index is 2.10. The van der Waals surface area contributed by atoms with E-state index in [1.807, 2.05) is 46.7 Å². The van der Waals surface area contributed by atoms with Crippen molar-refractivity contribution in [3.05, 3.63) is 57.8 Å². The molecule has 4 nitrogen and oxygen atoms in total. The number of carbonyl (C=O) groups excluding carboxylic acids is 2. The lowest BCUT2D eigenvalue weighted by molar-refractivity contribution is -0.124. The second kappa shape index (κ2) is 8.26. The molecule has 2 aromatic rings. The van der Waals surface area contributed by atoms with Crippen LogP contribution in [0, 0.1) is 11.8 Å². The summed E-state index contributed by atoms with van der Waals surface area (Å²) in [7, 11) is 0. The van der Waals surface area contributed by atoms with Crippen molar-refractivity contribution in [2.45, 2.75) is 39.7 Å². The van der Waals surface area contributed by atoms with E-state index in [9.17, 15) is 9.59 Å². The summed E-state index contributed by atoms with van der Waals surface area (Å²) in [6.07, 6.45) is 0. The van der Waals surface area contributed by atoms with Crippen LogP contribution in [0.1, 0.15) is 60.5 Å². The molecule has 5 heteroatoms. The molecule has 1 aromatic carbocycles. The van der Waals surface area contributed by atoms with Gasteiger partial charge < -0.3 is 10.2 Å². The summed E-state index contributed by atoms with van der Waals surface area (Å²) in [5.41, 5.74) is 1.48. The average Bonchev–Trinajstić information content (AvgIpc) is 3.15. The van der Waals surface area contributed by atoms with Gasteiger partial charge in [-0.15, -0.1) is 11.3 Å². The van der Waals surface area contributed by atoms with Gasteiger partial charge in [-0.2, -0.15) is 0 Å². The molecule has 0 saturated heterocycles. The van der Waals surface area contributed by atoms with Crippen LogP contribution in [0.15, 0.2) is 41.8 Å². The van der Waals surface area contributed by atoms with Gasteiger partial charge in [0.25, 0.3) is 5.91 Å². The van der Waals surface area contributed by atoms with E-state index in [4.69, 9.17) is 0 Å². The van der Waals surface area contributed by atoms with E-state index in [0.29, 0.717) is 30.5 Å². The van der Waals surface area contributed by atoms with Crippen LogP contribution in [0.2, 0.25) is 0 Å². The fourth-order valence-electron chi connectivity index (χ4n) is 3.66. The second-order valence-corrected chi connectivity index (χ2v) is 8.99. The maximum atomic E-state index is 13.3. The molecule has 0 bridgehead atoms. The second-order valence-electron chi connectivity index (χ2n) is 8.02. The van der Waals surface area contributed by atoms with Crippen LogP contribution in [0.3, 0.4) is 0 Å². The van der Waals surface area contributed by atoms with Gasteiger partial charge in [0.15, 0.2) is 0 Å². The zero-order valence-electron chi connectivity index (χ0n) is 16.4. The molecule has 1 aromatic heterocycles. The van der Waals surface area contributed by atoms with Crippen molar-refractivity contribution < 1.29 is 9.59 Å². The summed E-state index contributed by atoms with van der Waals surface area (Å²) in [6.45, 7) is 9.64. The van der Waals surface area contributed by atoms with Gasteiger partial charge in [-0.3, -0.25) is 9.59 Å². The monoisotopic (exact) mass is 384 g/mol. The first-order valence-electron chi connectivity index (χ1n) is 9.61. The first-order valence-corrected chi connectivity index (χ1v) is 10.5. The van der Waals surface area contributed by atoms with Crippen LogP contribution in [-0.2, 0) is 4.79 Å². The molecule has 27 heavy (non-hydrogen) atoms. The molecule has 0 unspecified atom stereocenters. The van der Waals surface area contributed by atoms with Crippen molar-refractivity contribution in [3.63, 3.8) is 0 Å². The van der Waals surface area contributed by atoms with Gasteiger partial charge in [0.2, 0.25) is 5.91 Å². The van der Waals surface area contributed by atoms with Crippen molar-refractivity contribution in [1.82, 2.24) is 10.2 Å². The van der Waals surface area contributed by atoms with E-state index in [0.717, 1.165) is 10.4 Å². The lowest BCUT2D eigenvalue weighted by atomic mass is 9.81. The van der Waals surface area contributed by atoms with Gasteiger partial charge in [0.1, 0.15) is 0 Å². The van der Waals surface area contributed by atoms with Crippen molar-refractivity contribution >= 4 is 23.2 Å².